The lowest BCUT2D eigenvalue weighted by atomic mass is 10.1. The predicted molar refractivity (Wildman–Crippen MR) is 74.1 cm³/mol. The van der Waals surface area contributed by atoms with Gasteiger partial charge >= 0.3 is 0 Å². The summed E-state index contributed by atoms with van der Waals surface area (Å²) in [6, 6.07) is 7.57. The van der Waals surface area contributed by atoms with Gasteiger partial charge in [-0.1, -0.05) is 12.1 Å². The summed E-state index contributed by atoms with van der Waals surface area (Å²) in [6.45, 7) is 0. The fourth-order valence-corrected chi connectivity index (χ4v) is 2.18. The van der Waals surface area contributed by atoms with Crippen molar-refractivity contribution in [1.82, 2.24) is 4.98 Å². The summed E-state index contributed by atoms with van der Waals surface area (Å²) < 4.78 is 38.0. The van der Waals surface area contributed by atoms with E-state index in [1.807, 2.05) is 4.72 Å². The molecule has 0 aliphatic rings. The lowest BCUT2D eigenvalue weighted by Gasteiger charge is -2.07. The average molecular weight is 346 g/mol. The number of nitrogens with zero attached hydrogens (tertiary/aromatic N) is 1. The van der Waals surface area contributed by atoms with Gasteiger partial charge in [0.25, 0.3) is 10.2 Å². The molecule has 0 fully saturated rings. The minimum atomic E-state index is -3.99. The van der Waals surface area contributed by atoms with Crippen LogP contribution >= 0.6 is 15.9 Å². The molecule has 5 nitrogen and oxygen atoms in total. The number of benzene rings is 1. The third kappa shape index (κ3) is 3.72. The van der Waals surface area contributed by atoms with E-state index in [2.05, 4.69) is 20.9 Å². The number of nitrogens with one attached hydrogen (secondary N) is 1. The Bertz CT molecular complexity index is 704. The maximum Gasteiger partial charge on any atom is 0.296 e. The molecule has 0 saturated heterocycles. The number of hydrogen-bond acceptors (Lipinski definition) is 3. The maximum absolute atomic E-state index is 13.7. The molecule has 19 heavy (non-hydrogen) atoms. The molecule has 1 aromatic carbocycles. The van der Waals surface area contributed by atoms with Crippen molar-refractivity contribution in [3.63, 3.8) is 0 Å². The maximum atomic E-state index is 13.7. The first-order valence-electron chi connectivity index (χ1n) is 5.07. The highest BCUT2D eigenvalue weighted by atomic mass is 79.9. The first kappa shape index (κ1) is 13.9. The number of rotatable bonds is 3. The molecule has 0 spiro atoms. The van der Waals surface area contributed by atoms with Crippen molar-refractivity contribution in [1.29, 1.82) is 0 Å². The molecule has 0 amide bonds. The van der Waals surface area contributed by atoms with E-state index in [4.69, 9.17) is 5.14 Å². The van der Waals surface area contributed by atoms with E-state index in [0.717, 1.165) is 0 Å². The average Bonchev–Trinajstić information content (AvgIpc) is 2.31. The van der Waals surface area contributed by atoms with Crippen LogP contribution in [-0.2, 0) is 10.2 Å². The second kappa shape index (κ2) is 5.24. The molecule has 0 radical (unpaired) electrons. The molecule has 3 N–H and O–H groups in total. The van der Waals surface area contributed by atoms with Crippen molar-refractivity contribution in [2.45, 2.75) is 0 Å². The van der Waals surface area contributed by atoms with Crippen LogP contribution < -0.4 is 9.86 Å². The van der Waals surface area contributed by atoms with Gasteiger partial charge in [0.2, 0.25) is 0 Å². The number of pyridine rings is 1. The summed E-state index contributed by atoms with van der Waals surface area (Å²) in [5, 5.41) is 4.78. The van der Waals surface area contributed by atoms with Gasteiger partial charge in [-0.25, -0.2) is 14.5 Å². The largest absolute Gasteiger partial charge is 0.296 e. The van der Waals surface area contributed by atoms with Crippen molar-refractivity contribution < 1.29 is 12.8 Å². The van der Waals surface area contributed by atoms with E-state index in [9.17, 15) is 12.8 Å². The van der Waals surface area contributed by atoms with Gasteiger partial charge in [0.15, 0.2) is 0 Å². The van der Waals surface area contributed by atoms with E-state index < -0.39 is 16.0 Å². The lowest BCUT2D eigenvalue weighted by molar-refractivity contribution is 0.600. The van der Waals surface area contributed by atoms with Crippen molar-refractivity contribution in [2.75, 3.05) is 4.72 Å². The Morgan fingerprint density at radius 1 is 1.21 bits per heavy atom. The lowest BCUT2D eigenvalue weighted by Crippen LogP contribution is -2.22. The Hall–Kier alpha value is -1.51. The zero-order valence-corrected chi connectivity index (χ0v) is 11.9. The Kier molecular flexibility index (Phi) is 3.83. The molecule has 8 heteroatoms. The molecular formula is C11H9BrFN3O2S. The fraction of sp³-hybridized carbons (Fsp3) is 0. The van der Waals surface area contributed by atoms with Gasteiger partial charge in [0.1, 0.15) is 10.4 Å². The summed E-state index contributed by atoms with van der Waals surface area (Å²) >= 11 is 3.20. The molecule has 2 aromatic rings. The summed E-state index contributed by atoms with van der Waals surface area (Å²) in [4.78, 5) is 4.03. The van der Waals surface area contributed by atoms with Gasteiger partial charge in [0, 0.05) is 11.8 Å². The minimum absolute atomic E-state index is 0.198. The molecule has 1 aromatic heterocycles. The van der Waals surface area contributed by atoms with Crippen LogP contribution in [0.3, 0.4) is 0 Å². The Morgan fingerprint density at radius 3 is 2.42 bits per heavy atom. The molecule has 0 aliphatic heterocycles. The SMILES string of the molecule is NS(=O)(=O)Nc1ccc(-c2ccc(Br)nc2)cc1F. The van der Waals surface area contributed by atoms with Crippen LogP contribution in [0.2, 0.25) is 0 Å². The highest BCUT2D eigenvalue weighted by Crippen LogP contribution is 2.24. The number of nitrogens with two attached hydrogens (primary N) is 1. The molecule has 0 bridgehead atoms. The van der Waals surface area contributed by atoms with Crippen LogP contribution in [0.5, 0.6) is 0 Å². The Morgan fingerprint density at radius 2 is 1.89 bits per heavy atom. The molecule has 100 valence electrons. The van der Waals surface area contributed by atoms with Crippen LogP contribution in [0.1, 0.15) is 0 Å². The van der Waals surface area contributed by atoms with Gasteiger partial charge in [-0.2, -0.15) is 8.42 Å². The summed E-state index contributed by atoms with van der Waals surface area (Å²) in [6.07, 6.45) is 1.58. The number of anilines is 1. The van der Waals surface area contributed by atoms with Gasteiger partial charge in [0.05, 0.1) is 5.69 Å². The zero-order valence-electron chi connectivity index (χ0n) is 9.47. The summed E-state index contributed by atoms with van der Waals surface area (Å²) in [5.41, 5.74) is 1.10. The van der Waals surface area contributed by atoms with Crippen molar-refractivity contribution in [3.8, 4) is 11.1 Å². The van der Waals surface area contributed by atoms with Crippen molar-refractivity contribution in [3.05, 3.63) is 46.9 Å². The second-order valence-electron chi connectivity index (χ2n) is 3.71. The van der Waals surface area contributed by atoms with E-state index in [0.29, 0.717) is 15.7 Å². The molecular weight excluding hydrogens is 337 g/mol. The molecule has 1 heterocycles. The monoisotopic (exact) mass is 345 g/mol. The number of hydrogen-bond donors (Lipinski definition) is 2. The van der Waals surface area contributed by atoms with Gasteiger partial charge < -0.3 is 0 Å². The van der Waals surface area contributed by atoms with Crippen molar-refractivity contribution in [2.24, 2.45) is 5.14 Å². The van der Waals surface area contributed by atoms with E-state index in [1.165, 1.54) is 12.1 Å². The third-order valence-corrected chi connectivity index (χ3v) is 3.26. The normalized spacial score (nSPS) is 11.3. The zero-order chi connectivity index (χ0) is 14.0. The van der Waals surface area contributed by atoms with Crippen LogP contribution in [0.15, 0.2) is 41.1 Å². The van der Waals surface area contributed by atoms with E-state index in [1.54, 1.807) is 24.4 Å². The minimum Gasteiger partial charge on any atom is -0.268 e. The molecule has 0 saturated carbocycles. The summed E-state index contributed by atoms with van der Waals surface area (Å²) in [7, 11) is -3.99. The number of halogens is 2. The Labute approximate surface area is 118 Å². The highest BCUT2D eigenvalue weighted by Gasteiger charge is 2.09. The van der Waals surface area contributed by atoms with Gasteiger partial charge in [-0.15, -0.1) is 0 Å². The van der Waals surface area contributed by atoms with E-state index >= 15 is 0 Å². The first-order chi connectivity index (χ1) is 8.85. The van der Waals surface area contributed by atoms with Crippen LogP contribution in [0.25, 0.3) is 11.1 Å². The third-order valence-electron chi connectivity index (χ3n) is 2.28. The quantitative estimate of drug-likeness (QED) is 0.836. The second-order valence-corrected chi connectivity index (χ2v) is 5.82. The predicted octanol–water partition coefficient (Wildman–Crippen LogP) is 2.27. The van der Waals surface area contributed by atoms with Crippen molar-refractivity contribution >= 4 is 31.8 Å². The van der Waals surface area contributed by atoms with Crippen LogP contribution in [-0.4, -0.2) is 13.4 Å². The topological polar surface area (TPSA) is 85.1 Å². The van der Waals surface area contributed by atoms with Gasteiger partial charge in [-0.05, 0) is 39.7 Å². The number of aromatic nitrogens is 1. The standard InChI is InChI=1S/C11H9BrFN3O2S/c12-11-4-2-8(6-15-11)7-1-3-10(9(13)5-7)16-19(14,17)18/h1-6,16H,(H2,14,17,18). The summed E-state index contributed by atoms with van der Waals surface area (Å²) in [5.74, 6) is -0.713. The smallest absolute Gasteiger partial charge is 0.268 e. The molecule has 2 rings (SSSR count). The first-order valence-corrected chi connectivity index (χ1v) is 7.41. The van der Waals surface area contributed by atoms with E-state index in [-0.39, 0.29) is 5.69 Å². The van der Waals surface area contributed by atoms with Gasteiger partial charge in [-0.3, -0.25) is 4.72 Å². The fourth-order valence-electron chi connectivity index (χ4n) is 1.48. The molecule has 0 aliphatic carbocycles. The molecule has 0 unspecified atom stereocenters. The molecule has 0 atom stereocenters. The van der Waals surface area contributed by atoms with Crippen LogP contribution in [0.4, 0.5) is 10.1 Å². The Balaban J connectivity index is 2.36. The van der Waals surface area contributed by atoms with Crippen LogP contribution in [0, 0.1) is 5.82 Å². The highest BCUT2D eigenvalue weighted by molar-refractivity contribution is 9.10.